The summed E-state index contributed by atoms with van der Waals surface area (Å²) in [6.45, 7) is 0. The summed E-state index contributed by atoms with van der Waals surface area (Å²) < 4.78 is 136. The SMILES string of the molecule is O.O=C(/C=C(\[O-])C(F)(F)F)C(F)(F)F.O=C(C=C([O-])C(F)(F)F)C(F)(F)F.[Co+2]. The molecule has 0 fully saturated rings. The van der Waals surface area contributed by atoms with E-state index in [1.807, 2.05) is 0 Å². The Kier molecular flexibility index (Phi) is 13.4. The Morgan fingerprint density at radius 1 is 0.536 bits per heavy atom. The van der Waals surface area contributed by atoms with Gasteiger partial charge in [-0.15, -0.1) is 0 Å². The molecule has 0 aliphatic rings. The Morgan fingerprint density at radius 3 is 0.821 bits per heavy atom. The summed E-state index contributed by atoms with van der Waals surface area (Å²) in [7, 11) is 0. The van der Waals surface area contributed by atoms with E-state index in [0.29, 0.717) is 0 Å². The van der Waals surface area contributed by atoms with Crippen molar-refractivity contribution in [1.82, 2.24) is 0 Å². The largest absolute Gasteiger partial charge is 2.00 e. The maximum absolute atomic E-state index is 11.3. The van der Waals surface area contributed by atoms with Gasteiger partial charge in [-0.1, -0.05) is 0 Å². The van der Waals surface area contributed by atoms with Crippen LogP contribution in [0.5, 0.6) is 0 Å². The zero-order valence-electron chi connectivity index (χ0n) is 12.2. The maximum atomic E-state index is 11.3. The van der Waals surface area contributed by atoms with Crippen molar-refractivity contribution >= 4 is 11.6 Å². The monoisotopic (exact) mass is 491 g/mol. The molecule has 167 valence electrons. The average molecular weight is 491 g/mol. The van der Waals surface area contributed by atoms with Crippen LogP contribution in [-0.2, 0) is 26.4 Å². The summed E-state index contributed by atoms with van der Waals surface area (Å²) in [6.07, 6.45) is -23.9. The van der Waals surface area contributed by atoms with E-state index >= 15 is 0 Å². The standard InChI is InChI=1S/2C5H2F6O2.Co.H2O/c2*6-4(7,8)2(12)1-3(13)5(9,10)11;;/h2*1,12H;;1H2/q;;+2;/p-2/b2-1-;;;. The van der Waals surface area contributed by atoms with Gasteiger partial charge in [0.05, 0.1) is 0 Å². The van der Waals surface area contributed by atoms with Gasteiger partial charge in [0.25, 0.3) is 11.6 Å². The van der Waals surface area contributed by atoms with Crippen molar-refractivity contribution in [3.8, 4) is 0 Å². The van der Waals surface area contributed by atoms with Gasteiger partial charge in [-0.3, -0.25) is 9.59 Å². The number of carbonyl (C=O) groups is 2. The van der Waals surface area contributed by atoms with Gasteiger partial charge < -0.3 is 15.7 Å². The number of allylic oxidation sites excluding steroid dienone is 4. The topological polar surface area (TPSA) is 112 Å². The number of hydrogen-bond acceptors (Lipinski definition) is 4. The average Bonchev–Trinajstić information content (AvgIpc) is 2.34. The number of rotatable bonds is 2. The second-order valence-electron chi connectivity index (χ2n) is 3.74. The molecule has 0 amide bonds. The minimum Gasteiger partial charge on any atom is -0.869 e. The normalized spacial score (nSPS) is 13.4. The summed E-state index contributed by atoms with van der Waals surface area (Å²) >= 11 is 0. The Hall–Kier alpha value is -1.95. The second-order valence-corrected chi connectivity index (χ2v) is 3.74. The van der Waals surface area contributed by atoms with Gasteiger partial charge in [0.1, 0.15) is 0 Å². The zero-order valence-corrected chi connectivity index (χ0v) is 13.2. The molecule has 0 heterocycles. The molecular weight excluding hydrogens is 487 g/mol. The van der Waals surface area contributed by atoms with Crippen LogP contribution in [0.3, 0.4) is 0 Å². The van der Waals surface area contributed by atoms with Crippen molar-refractivity contribution in [3.63, 3.8) is 0 Å². The first-order valence-electron chi connectivity index (χ1n) is 5.24. The fraction of sp³-hybridized carbons (Fsp3) is 0.400. The van der Waals surface area contributed by atoms with Crippen LogP contribution in [0.4, 0.5) is 52.7 Å². The number of alkyl halides is 12. The van der Waals surface area contributed by atoms with Crippen LogP contribution in [0.15, 0.2) is 23.7 Å². The quantitative estimate of drug-likeness (QED) is 0.327. The molecule has 0 rings (SSSR count). The van der Waals surface area contributed by atoms with Crippen molar-refractivity contribution in [3.05, 3.63) is 23.7 Å². The smallest absolute Gasteiger partial charge is 0.869 e. The minimum atomic E-state index is -5.46. The molecule has 28 heavy (non-hydrogen) atoms. The summed E-state index contributed by atoms with van der Waals surface area (Å²) in [5, 5.41) is 19.6. The first-order chi connectivity index (χ1) is 11.1. The first-order valence-corrected chi connectivity index (χ1v) is 5.24. The first kappa shape index (κ1) is 33.6. The van der Waals surface area contributed by atoms with Gasteiger partial charge in [-0.25, -0.2) is 0 Å². The van der Waals surface area contributed by atoms with Crippen molar-refractivity contribution in [2.24, 2.45) is 0 Å². The van der Waals surface area contributed by atoms with Crippen molar-refractivity contribution in [1.29, 1.82) is 0 Å². The summed E-state index contributed by atoms with van der Waals surface area (Å²) in [4.78, 5) is 19.6. The summed E-state index contributed by atoms with van der Waals surface area (Å²) in [5.41, 5.74) is 0. The molecule has 0 aliphatic carbocycles. The third-order valence-corrected chi connectivity index (χ3v) is 1.64. The molecular formula is C10H4CoF12O5. The molecule has 0 aliphatic heterocycles. The molecule has 0 aromatic carbocycles. The number of halogens is 12. The minimum absolute atomic E-state index is 0. The predicted octanol–water partition coefficient (Wildman–Crippen LogP) is 1.02. The fourth-order valence-corrected chi connectivity index (χ4v) is 0.565. The number of ketones is 2. The van der Waals surface area contributed by atoms with Crippen molar-refractivity contribution < 1.29 is 94.7 Å². The van der Waals surface area contributed by atoms with Crippen LogP contribution >= 0.6 is 0 Å². The van der Waals surface area contributed by atoms with Crippen LogP contribution in [0.25, 0.3) is 0 Å². The van der Waals surface area contributed by atoms with Gasteiger partial charge in [0, 0.05) is 0 Å². The van der Waals surface area contributed by atoms with Crippen LogP contribution in [0.1, 0.15) is 0 Å². The Morgan fingerprint density at radius 2 is 0.714 bits per heavy atom. The van der Waals surface area contributed by atoms with Gasteiger partial charge in [-0.2, -0.15) is 52.7 Å². The van der Waals surface area contributed by atoms with Gasteiger partial charge in [0.2, 0.25) is 0 Å². The van der Waals surface area contributed by atoms with Gasteiger partial charge in [0.15, 0.2) is 0 Å². The van der Waals surface area contributed by atoms with Crippen LogP contribution in [-0.4, -0.2) is 41.7 Å². The third kappa shape index (κ3) is 14.1. The molecule has 0 aromatic heterocycles. The van der Waals surface area contributed by atoms with E-state index in [1.165, 1.54) is 0 Å². The molecule has 1 radical (unpaired) electrons. The summed E-state index contributed by atoms with van der Waals surface area (Å²) in [6, 6.07) is 0. The predicted molar refractivity (Wildman–Crippen MR) is 54.0 cm³/mol. The maximum Gasteiger partial charge on any atom is 2.00 e. The van der Waals surface area contributed by atoms with E-state index in [2.05, 4.69) is 0 Å². The van der Waals surface area contributed by atoms with Crippen LogP contribution < -0.4 is 10.2 Å². The third-order valence-electron chi connectivity index (χ3n) is 1.64. The molecule has 0 spiro atoms. The molecule has 0 bridgehead atoms. The molecule has 0 aromatic rings. The van der Waals surface area contributed by atoms with Crippen LogP contribution in [0, 0.1) is 0 Å². The Bertz CT molecular complexity index is 530. The fourth-order valence-electron chi connectivity index (χ4n) is 0.565. The molecule has 18 heteroatoms. The van der Waals surface area contributed by atoms with Gasteiger partial charge >= 0.3 is 41.5 Å². The van der Waals surface area contributed by atoms with Crippen LogP contribution in [0.2, 0.25) is 0 Å². The Labute approximate surface area is 155 Å². The molecule has 2 N–H and O–H groups in total. The van der Waals surface area contributed by atoms with Crippen molar-refractivity contribution in [2.45, 2.75) is 24.7 Å². The van der Waals surface area contributed by atoms with E-state index in [9.17, 15) is 72.5 Å². The van der Waals surface area contributed by atoms with E-state index in [-0.39, 0.29) is 22.3 Å². The molecule has 0 saturated carbocycles. The Balaban J connectivity index is -0.000000192. The number of carbonyl (C=O) groups excluding carboxylic acids is 2. The zero-order chi connectivity index (χ0) is 21.7. The van der Waals surface area contributed by atoms with E-state index in [4.69, 9.17) is 0 Å². The van der Waals surface area contributed by atoms with Gasteiger partial charge in [-0.05, 0) is 23.7 Å². The number of hydrogen-bond donors (Lipinski definition) is 0. The van der Waals surface area contributed by atoms with E-state index in [0.717, 1.165) is 0 Å². The molecule has 0 unspecified atom stereocenters. The second kappa shape index (κ2) is 11.1. The molecule has 0 saturated heterocycles. The summed E-state index contributed by atoms with van der Waals surface area (Å²) in [5.74, 6) is -11.3. The van der Waals surface area contributed by atoms with E-state index in [1.54, 1.807) is 0 Å². The molecule has 5 nitrogen and oxygen atoms in total. The van der Waals surface area contributed by atoms with Crippen molar-refractivity contribution in [2.75, 3.05) is 0 Å². The molecule has 0 atom stereocenters. The van der Waals surface area contributed by atoms with E-state index < -0.39 is 59.9 Å².